The Morgan fingerprint density at radius 2 is 1.76 bits per heavy atom. The molecule has 0 radical (unpaired) electrons. The lowest BCUT2D eigenvalue weighted by atomic mass is 9.85. The quantitative estimate of drug-likeness (QED) is 0.450. The molecule has 0 N–H and O–H groups in total. The number of fused-ring (bicyclic) bond motifs is 5. The summed E-state index contributed by atoms with van der Waals surface area (Å²) in [5, 5.41) is 10.8. The number of carboxylic acids is 1. The van der Waals surface area contributed by atoms with Crippen LogP contribution in [0.15, 0.2) is 12.2 Å². The van der Waals surface area contributed by atoms with E-state index < -0.39 is 12.0 Å². The van der Waals surface area contributed by atoms with E-state index in [0.29, 0.717) is 0 Å². The second-order valence-electron chi connectivity index (χ2n) is 5.04. The molecule has 1 saturated carbocycles. The van der Waals surface area contributed by atoms with Crippen LogP contribution in [0.3, 0.4) is 0 Å². The van der Waals surface area contributed by atoms with Crippen molar-refractivity contribution in [2.75, 3.05) is 0 Å². The third-order valence-corrected chi connectivity index (χ3v) is 4.23. The van der Waals surface area contributed by atoms with Crippen molar-refractivity contribution >= 4 is 17.8 Å². The van der Waals surface area contributed by atoms with Gasteiger partial charge in [0.15, 0.2) is 0 Å². The van der Waals surface area contributed by atoms with Crippen molar-refractivity contribution < 1.29 is 19.5 Å². The standard InChI is InChI=1S/C12H13NO4/c1-5(12(16)17)13-10(14)8-6-2-3-7(4-6)9(8)11(13)15/h2-3,5-9H,4H2,1H3,(H,16,17)/p-1/t5-,6-,7+,8+,9-/m0/s1. The fraction of sp³-hybridized carbons (Fsp3) is 0.583. The van der Waals surface area contributed by atoms with Crippen molar-refractivity contribution in [3.05, 3.63) is 12.2 Å². The molecule has 90 valence electrons. The minimum atomic E-state index is -1.38. The molecule has 2 aliphatic carbocycles. The van der Waals surface area contributed by atoms with Crippen LogP contribution in [0.25, 0.3) is 0 Å². The van der Waals surface area contributed by atoms with Gasteiger partial charge in [-0.05, 0) is 25.2 Å². The van der Waals surface area contributed by atoms with Crippen LogP contribution in [0.5, 0.6) is 0 Å². The smallest absolute Gasteiger partial charge is 0.234 e. The number of likely N-dealkylation sites (tertiary alicyclic amines) is 1. The first-order chi connectivity index (χ1) is 8.02. The first-order valence-electron chi connectivity index (χ1n) is 5.78. The Morgan fingerprint density at radius 3 is 2.18 bits per heavy atom. The molecule has 2 amide bonds. The summed E-state index contributed by atoms with van der Waals surface area (Å²) in [7, 11) is 0. The van der Waals surface area contributed by atoms with E-state index in [-0.39, 0.29) is 35.5 Å². The van der Waals surface area contributed by atoms with Gasteiger partial charge in [-0.3, -0.25) is 14.5 Å². The average molecular weight is 234 g/mol. The summed E-state index contributed by atoms with van der Waals surface area (Å²) in [5.74, 6) is -2.51. The third kappa shape index (κ3) is 1.16. The molecule has 2 fully saturated rings. The summed E-state index contributed by atoms with van der Waals surface area (Å²) >= 11 is 0. The van der Waals surface area contributed by atoms with Crippen LogP contribution in [0.2, 0.25) is 0 Å². The molecule has 0 aromatic carbocycles. The summed E-state index contributed by atoms with van der Waals surface area (Å²) in [6, 6.07) is -1.17. The number of amides is 2. The molecule has 5 heteroatoms. The molecule has 17 heavy (non-hydrogen) atoms. The van der Waals surface area contributed by atoms with E-state index in [0.717, 1.165) is 11.3 Å². The molecule has 3 aliphatic rings. The van der Waals surface area contributed by atoms with E-state index in [1.165, 1.54) is 6.92 Å². The Labute approximate surface area is 98.1 Å². The summed E-state index contributed by atoms with van der Waals surface area (Å²) in [6.45, 7) is 1.32. The fourth-order valence-corrected chi connectivity index (χ4v) is 3.41. The number of nitrogens with zero attached hydrogens (tertiary/aromatic N) is 1. The lowest BCUT2D eigenvalue weighted by Crippen LogP contribution is -2.49. The molecule has 1 aliphatic heterocycles. The molecular formula is C12H12NO4-. The van der Waals surface area contributed by atoms with Gasteiger partial charge >= 0.3 is 0 Å². The zero-order chi connectivity index (χ0) is 12.3. The second kappa shape index (κ2) is 3.18. The van der Waals surface area contributed by atoms with Crippen molar-refractivity contribution in [3.63, 3.8) is 0 Å². The highest BCUT2D eigenvalue weighted by molar-refractivity contribution is 6.08. The number of carbonyl (C=O) groups is 3. The average Bonchev–Trinajstić information content (AvgIpc) is 2.92. The Balaban J connectivity index is 1.95. The van der Waals surface area contributed by atoms with Gasteiger partial charge in [-0.2, -0.15) is 0 Å². The van der Waals surface area contributed by atoms with Crippen molar-refractivity contribution in [1.29, 1.82) is 0 Å². The second-order valence-corrected chi connectivity index (χ2v) is 5.04. The normalized spacial score (nSPS) is 39.9. The van der Waals surface area contributed by atoms with Crippen LogP contribution >= 0.6 is 0 Å². The first-order valence-corrected chi connectivity index (χ1v) is 5.78. The maximum Gasteiger partial charge on any atom is 0.234 e. The lowest BCUT2D eigenvalue weighted by molar-refractivity contribution is -0.310. The molecule has 0 aromatic rings. The number of rotatable bonds is 2. The molecule has 5 atom stereocenters. The predicted molar refractivity (Wildman–Crippen MR) is 54.0 cm³/mol. The van der Waals surface area contributed by atoms with Crippen molar-refractivity contribution in [1.82, 2.24) is 4.90 Å². The topological polar surface area (TPSA) is 77.5 Å². The summed E-state index contributed by atoms with van der Waals surface area (Å²) in [5.41, 5.74) is 0. The SMILES string of the molecule is C[C@@H](C(=O)[O-])N1C(=O)[C@@H]2[C@H](C1=O)[C@H]1C=C[C@@H]2C1. The highest BCUT2D eigenvalue weighted by Gasteiger charge is 2.60. The number of allylic oxidation sites excluding steroid dienone is 2. The minimum Gasteiger partial charge on any atom is -0.548 e. The number of imide groups is 1. The van der Waals surface area contributed by atoms with Gasteiger partial charge in [-0.15, -0.1) is 0 Å². The van der Waals surface area contributed by atoms with Crippen LogP contribution in [0.1, 0.15) is 13.3 Å². The Bertz CT molecular complexity index is 425. The maximum atomic E-state index is 12.1. The number of carbonyl (C=O) groups excluding carboxylic acids is 3. The van der Waals surface area contributed by atoms with Gasteiger partial charge in [0.05, 0.1) is 23.8 Å². The summed E-state index contributed by atoms with van der Waals surface area (Å²) in [4.78, 5) is 35.9. The highest BCUT2D eigenvalue weighted by Crippen LogP contribution is 2.52. The number of aliphatic carboxylic acids is 1. The molecule has 1 heterocycles. The van der Waals surface area contributed by atoms with Crippen LogP contribution in [0, 0.1) is 23.7 Å². The molecule has 0 spiro atoms. The molecule has 0 unspecified atom stereocenters. The lowest BCUT2D eigenvalue weighted by Gasteiger charge is -2.25. The van der Waals surface area contributed by atoms with Gasteiger partial charge in [0, 0.05) is 0 Å². The zero-order valence-corrected chi connectivity index (χ0v) is 9.33. The van der Waals surface area contributed by atoms with E-state index in [1.807, 2.05) is 12.2 Å². The van der Waals surface area contributed by atoms with Gasteiger partial charge in [-0.25, -0.2) is 0 Å². The van der Waals surface area contributed by atoms with E-state index >= 15 is 0 Å². The Morgan fingerprint density at radius 1 is 1.29 bits per heavy atom. The van der Waals surface area contributed by atoms with Crippen LogP contribution in [-0.2, 0) is 14.4 Å². The largest absolute Gasteiger partial charge is 0.548 e. The molecule has 0 aromatic heterocycles. The molecular weight excluding hydrogens is 222 g/mol. The minimum absolute atomic E-state index is 0.111. The van der Waals surface area contributed by atoms with Gasteiger partial charge in [0.2, 0.25) is 11.8 Å². The van der Waals surface area contributed by atoms with Crippen LogP contribution in [0.4, 0.5) is 0 Å². The number of hydrogen-bond acceptors (Lipinski definition) is 4. The van der Waals surface area contributed by atoms with E-state index in [9.17, 15) is 19.5 Å². The molecule has 1 saturated heterocycles. The molecule has 5 nitrogen and oxygen atoms in total. The van der Waals surface area contributed by atoms with Gasteiger partial charge in [-0.1, -0.05) is 12.2 Å². The third-order valence-electron chi connectivity index (χ3n) is 4.23. The monoisotopic (exact) mass is 234 g/mol. The Kier molecular flexibility index (Phi) is 1.97. The van der Waals surface area contributed by atoms with Gasteiger partial charge in [0.1, 0.15) is 0 Å². The fourth-order valence-electron chi connectivity index (χ4n) is 3.41. The predicted octanol–water partition coefficient (Wildman–Crippen LogP) is -1.07. The van der Waals surface area contributed by atoms with Gasteiger partial charge < -0.3 is 9.90 Å². The van der Waals surface area contributed by atoms with E-state index in [4.69, 9.17) is 0 Å². The van der Waals surface area contributed by atoms with E-state index in [1.54, 1.807) is 0 Å². The van der Waals surface area contributed by atoms with Crippen molar-refractivity contribution in [2.45, 2.75) is 19.4 Å². The number of carboxylic acid groups (broad SMARTS) is 1. The molecule has 3 rings (SSSR count). The highest BCUT2D eigenvalue weighted by atomic mass is 16.4. The van der Waals surface area contributed by atoms with Crippen molar-refractivity contribution in [3.8, 4) is 0 Å². The zero-order valence-electron chi connectivity index (χ0n) is 9.33. The maximum absolute atomic E-state index is 12.1. The van der Waals surface area contributed by atoms with Crippen LogP contribution < -0.4 is 5.11 Å². The van der Waals surface area contributed by atoms with Gasteiger partial charge in [0.25, 0.3) is 0 Å². The molecule has 2 bridgehead atoms. The van der Waals surface area contributed by atoms with Crippen LogP contribution in [-0.4, -0.2) is 28.7 Å². The Hall–Kier alpha value is -1.65. The first kappa shape index (κ1) is 10.5. The summed E-state index contributed by atoms with van der Waals surface area (Å²) < 4.78 is 0. The summed E-state index contributed by atoms with van der Waals surface area (Å²) in [6.07, 6.45) is 4.80. The van der Waals surface area contributed by atoms with Crippen molar-refractivity contribution in [2.24, 2.45) is 23.7 Å². The van der Waals surface area contributed by atoms with E-state index in [2.05, 4.69) is 0 Å². The number of hydrogen-bond donors (Lipinski definition) is 0.